The number of carbonyl (C=O) groups excluding carboxylic acids is 2. The molecule has 2 amide bonds. The molecule has 0 spiro atoms. The van der Waals surface area contributed by atoms with Crippen LogP contribution in [0.25, 0.3) is 0 Å². The van der Waals surface area contributed by atoms with Gasteiger partial charge in [0.2, 0.25) is 0 Å². The molecular formula is C25H29FN4O3S. The van der Waals surface area contributed by atoms with E-state index >= 15 is 0 Å². The number of amides is 2. The van der Waals surface area contributed by atoms with Crippen molar-refractivity contribution < 1.29 is 18.7 Å². The number of anilines is 2. The number of thiocarbonyl (C=S) groups is 1. The van der Waals surface area contributed by atoms with E-state index in [9.17, 15) is 14.0 Å². The van der Waals surface area contributed by atoms with Gasteiger partial charge in [-0.05, 0) is 61.8 Å². The second-order valence-corrected chi connectivity index (χ2v) is 8.69. The lowest BCUT2D eigenvalue weighted by Gasteiger charge is -2.37. The van der Waals surface area contributed by atoms with Crippen LogP contribution < -0.4 is 16.0 Å². The maximum absolute atomic E-state index is 13.8. The normalized spacial score (nSPS) is 15.8. The molecule has 0 fully saturated rings. The third kappa shape index (κ3) is 5.91. The van der Waals surface area contributed by atoms with Gasteiger partial charge in [-0.25, -0.2) is 14.0 Å². The van der Waals surface area contributed by atoms with Crippen molar-refractivity contribution >= 4 is 40.7 Å². The van der Waals surface area contributed by atoms with E-state index in [1.165, 1.54) is 12.1 Å². The Morgan fingerprint density at radius 1 is 1.15 bits per heavy atom. The van der Waals surface area contributed by atoms with Crippen LogP contribution >= 0.6 is 12.2 Å². The Kier molecular flexibility index (Phi) is 8.22. The number of nitrogens with zero attached hydrogens (tertiary/aromatic N) is 1. The van der Waals surface area contributed by atoms with Gasteiger partial charge in [0.25, 0.3) is 0 Å². The van der Waals surface area contributed by atoms with Crippen molar-refractivity contribution in [1.82, 2.24) is 10.2 Å². The molecule has 0 saturated heterocycles. The number of nitrogens with one attached hydrogen (secondary N) is 3. The zero-order valence-electron chi connectivity index (χ0n) is 19.6. The maximum atomic E-state index is 13.8. The molecule has 0 unspecified atom stereocenters. The minimum Gasteiger partial charge on any atom is -0.462 e. The van der Waals surface area contributed by atoms with E-state index in [0.717, 1.165) is 11.3 Å². The van der Waals surface area contributed by atoms with Gasteiger partial charge in [0.05, 0.1) is 23.9 Å². The summed E-state index contributed by atoms with van der Waals surface area (Å²) in [5.41, 5.74) is 2.62. The lowest BCUT2D eigenvalue weighted by atomic mass is 9.95. The van der Waals surface area contributed by atoms with Gasteiger partial charge in [-0.15, -0.1) is 0 Å². The standard InChI is InChI=1S/C25H29FN4O3S/c1-5-30-16(4)21(23(31)33-14-15(2)3)22(29-25(30)34)17-10-12-18(13-11-17)27-24(32)28-20-9-7-6-8-19(20)26/h6-13,15,22H,5,14H2,1-4H3,(H,29,34)(H2,27,28,32)/t22-/m1/s1. The molecule has 2 aromatic carbocycles. The van der Waals surface area contributed by atoms with Crippen LogP contribution in [0.5, 0.6) is 0 Å². The van der Waals surface area contributed by atoms with Crippen LogP contribution in [0.3, 0.4) is 0 Å². The highest BCUT2D eigenvalue weighted by Gasteiger charge is 2.34. The fourth-order valence-corrected chi connectivity index (χ4v) is 3.99. The number of benzene rings is 2. The minimum absolute atomic E-state index is 0.0854. The molecule has 9 heteroatoms. The Morgan fingerprint density at radius 2 is 1.82 bits per heavy atom. The van der Waals surface area contributed by atoms with Crippen LogP contribution in [0.1, 0.15) is 39.3 Å². The van der Waals surface area contributed by atoms with E-state index in [1.54, 1.807) is 36.4 Å². The van der Waals surface area contributed by atoms with E-state index < -0.39 is 23.9 Å². The van der Waals surface area contributed by atoms with Gasteiger partial charge in [-0.3, -0.25) is 0 Å². The molecule has 7 nitrogen and oxygen atoms in total. The van der Waals surface area contributed by atoms with Crippen molar-refractivity contribution in [3.05, 3.63) is 71.2 Å². The van der Waals surface area contributed by atoms with Crippen LogP contribution in [-0.4, -0.2) is 35.2 Å². The molecule has 34 heavy (non-hydrogen) atoms. The molecule has 1 aliphatic rings. The van der Waals surface area contributed by atoms with Crippen LogP contribution in [0, 0.1) is 11.7 Å². The molecule has 1 aliphatic heterocycles. The predicted molar refractivity (Wildman–Crippen MR) is 135 cm³/mol. The van der Waals surface area contributed by atoms with Crippen LogP contribution in [0.15, 0.2) is 59.8 Å². The number of carbonyl (C=O) groups is 2. The summed E-state index contributed by atoms with van der Waals surface area (Å²) in [6, 6.07) is 11.9. The van der Waals surface area contributed by atoms with E-state index in [-0.39, 0.29) is 11.6 Å². The third-order valence-electron chi connectivity index (χ3n) is 5.30. The first kappa shape index (κ1) is 25.2. The molecule has 3 N–H and O–H groups in total. The summed E-state index contributed by atoms with van der Waals surface area (Å²) in [5, 5.41) is 8.91. The predicted octanol–water partition coefficient (Wildman–Crippen LogP) is 5.19. The lowest BCUT2D eigenvalue weighted by molar-refractivity contribution is -0.140. The SMILES string of the molecule is CCN1C(=S)N[C@H](c2ccc(NC(=O)Nc3ccccc3F)cc2)C(C(=O)OCC(C)C)=C1C. The number of hydrogen-bond donors (Lipinski definition) is 3. The third-order valence-corrected chi connectivity index (χ3v) is 5.64. The smallest absolute Gasteiger partial charge is 0.338 e. The number of hydrogen-bond acceptors (Lipinski definition) is 4. The summed E-state index contributed by atoms with van der Waals surface area (Å²) in [6.45, 7) is 8.71. The Balaban J connectivity index is 1.79. The topological polar surface area (TPSA) is 82.7 Å². The zero-order valence-corrected chi connectivity index (χ0v) is 20.5. The van der Waals surface area contributed by atoms with Gasteiger partial charge in [0, 0.05) is 17.9 Å². The first-order valence-corrected chi connectivity index (χ1v) is 11.5. The second kappa shape index (κ2) is 11.1. The van der Waals surface area contributed by atoms with Crippen molar-refractivity contribution in [2.45, 2.75) is 33.7 Å². The Morgan fingerprint density at radius 3 is 2.44 bits per heavy atom. The average Bonchev–Trinajstić information content (AvgIpc) is 2.79. The molecule has 0 radical (unpaired) electrons. The average molecular weight is 485 g/mol. The summed E-state index contributed by atoms with van der Waals surface area (Å²) in [6.07, 6.45) is 0. The Bertz CT molecular complexity index is 1100. The number of rotatable bonds is 7. The summed E-state index contributed by atoms with van der Waals surface area (Å²) >= 11 is 5.51. The number of urea groups is 1. The molecule has 0 aromatic heterocycles. The fourth-order valence-electron chi connectivity index (χ4n) is 3.60. The Labute approximate surface area is 204 Å². The van der Waals surface area contributed by atoms with Gasteiger partial charge in [0.1, 0.15) is 5.82 Å². The highest BCUT2D eigenvalue weighted by molar-refractivity contribution is 7.80. The molecule has 1 atom stereocenters. The largest absolute Gasteiger partial charge is 0.462 e. The number of esters is 1. The number of ether oxygens (including phenoxy) is 1. The van der Waals surface area contributed by atoms with Gasteiger partial charge >= 0.3 is 12.0 Å². The quantitative estimate of drug-likeness (QED) is 0.370. The molecular weight excluding hydrogens is 455 g/mol. The highest BCUT2D eigenvalue weighted by atomic mass is 32.1. The maximum Gasteiger partial charge on any atom is 0.338 e. The number of allylic oxidation sites excluding steroid dienone is 1. The van der Waals surface area contributed by atoms with Crippen molar-refractivity contribution in [3.63, 3.8) is 0 Å². The molecule has 0 bridgehead atoms. The summed E-state index contributed by atoms with van der Waals surface area (Å²) in [4.78, 5) is 27.1. The minimum atomic E-state index is -0.568. The van der Waals surface area contributed by atoms with E-state index in [0.29, 0.717) is 29.5 Å². The first-order valence-electron chi connectivity index (χ1n) is 11.1. The molecule has 0 aliphatic carbocycles. The summed E-state index contributed by atoms with van der Waals surface area (Å²) < 4.78 is 19.3. The van der Waals surface area contributed by atoms with Crippen molar-refractivity contribution in [3.8, 4) is 0 Å². The molecule has 0 saturated carbocycles. The first-order chi connectivity index (χ1) is 16.2. The van der Waals surface area contributed by atoms with Gasteiger partial charge in [-0.1, -0.05) is 38.1 Å². The van der Waals surface area contributed by atoms with Gasteiger partial charge in [0.15, 0.2) is 5.11 Å². The van der Waals surface area contributed by atoms with Crippen molar-refractivity contribution in [2.24, 2.45) is 5.92 Å². The van der Waals surface area contributed by atoms with Crippen molar-refractivity contribution in [1.29, 1.82) is 0 Å². The van der Waals surface area contributed by atoms with Gasteiger partial charge < -0.3 is 25.6 Å². The monoisotopic (exact) mass is 484 g/mol. The van der Waals surface area contributed by atoms with Gasteiger partial charge in [-0.2, -0.15) is 0 Å². The van der Waals surface area contributed by atoms with E-state index in [1.807, 2.05) is 32.6 Å². The fraction of sp³-hybridized carbons (Fsp3) is 0.320. The van der Waals surface area contributed by atoms with E-state index in [4.69, 9.17) is 17.0 Å². The second-order valence-electron chi connectivity index (χ2n) is 8.30. The molecule has 2 aromatic rings. The molecule has 1 heterocycles. The summed E-state index contributed by atoms with van der Waals surface area (Å²) in [7, 11) is 0. The van der Waals surface area contributed by atoms with Crippen LogP contribution in [0.2, 0.25) is 0 Å². The lowest BCUT2D eigenvalue weighted by Crippen LogP contribution is -2.47. The van der Waals surface area contributed by atoms with Crippen LogP contribution in [0.4, 0.5) is 20.6 Å². The summed E-state index contributed by atoms with van der Waals surface area (Å²) in [5.74, 6) is -0.701. The number of para-hydroxylation sites is 1. The molecule has 3 rings (SSSR count). The molecule has 180 valence electrons. The zero-order chi connectivity index (χ0) is 24.8. The van der Waals surface area contributed by atoms with Crippen LogP contribution in [-0.2, 0) is 9.53 Å². The highest BCUT2D eigenvalue weighted by Crippen LogP contribution is 2.32. The Hall–Kier alpha value is -3.46. The van der Waals surface area contributed by atoms with E-state index in [2.05, 4.69) is 16.0 Å². The van der Waals surface area contributed by atoms with Crippen molar-refractivity contribution in [2.75, 3.05) is 23.8 Å². The number of halogens is 1.